The monoisotopic (exact) mass is 408 g/mol. The van der Waals surface area contributed by atoms with Crippen molar-refractivity contribution in [3.8, 4) is 11.3 Å². The second-order valence-corrected chi connectivity index (χ2v) is 5.93. The van der Waals surface area contributed by atoms with E-state index in [1.807, 2.05) is 0 Å². The van der Waals surface area contributed by atoms with Crippen molar-refractivity contribution >= 4 is 40.8 Å². The van der Waals surface area contributed by atoms with Crippen LogP contribution < -0.4 is 5.32 Å². The van der Waals surface area contributed by atoms with Crippen LogP contribution in [0.25, 0.3) is 11.3 Å². The Balaban J connectivity index is 2.41. The fraction of sp³-hybridized carbons (Fsp3) is 0.211. The van der Waals surface area contributed by atoms with Crippen molar-refractivity contribution in [2.45, 2.75) is 13.8 Å². The number of esters is 2. The topological polar surface area (TPSA) is 77.5 Å². The van der Waals surface area contributed by atoms with E-state index in [-0.39, 0.29) is 18.8 Å². The molecule has 0 atom stereocenters. The molecule has 6 nitrogen and oxygen atoms in total. The first-order chi connectivity index (χ1) is 13.0. The summed E-state index contributed by atoms with van der Waals surface area (Å²) in [6.07, 6.45) is 2.83. The van der Waals surface area contributed by atoms with Crippen LogP contribution in [0.5, 0.6) is 0 Å². The lowest BCUT2D eigenvalue weighted by Crippen LogP contribution is -2.19. The predicted molar refractivity (Wildman–Crippen MR) is 105 cm³/mol. The molecule has 0 aliphatic carbocycles. The first kappa shape index (κ1) is 20.7. The Morgan fingerprint density at radius 3 is 2.37 bits per heavy atom. The molecule has 0 bridgehead atoms. The second-order valence-electron chi connectivity index (χ2n) is 5.14. The van der Waals surface area contributed by atoms with Gasteiger partial charge in [0.05, 0.1) is 34.6 Å². The molecule has 0 amide bonds. The van der Waals surface area contributed by atoms with Gasteiger partial charge in [0.15, 0.2) is 5.57 Å². The number of ether oxygens (including phenoxy) is 2. The molecule has 142 valence electrons. The van der Waals surface area contributed by atoms with E-state index >= 15 is 0 Å². The summed E-state index contributed by atoms with van der Waals surface area (Å²) in [7, 11) is 0. The number of aromatic nitrogens is 1. The van der Waals surface area contributed by atoms with Crippen LogP contribution in [-0.2, 0) is 19.1 Å². The standard InChI is InChI=1S/C19H18Cl2N2O4/c1-3-26-18(24)13(19(25)27-4-2)11-23-15-9-6-10-22-17(15)12-7-5-8-14(20)16(12)21/h5-11,23H,3-4H2,1-2H3. The third-order valence-electron chi connectivity index (χ3n) is 3.38. The van der Waals surface area contributed by atoms with Crippen LogP contribution in [0.1, 0.15) is 13.8 Å². The number of nitrogens with one attached hydrogen (secondary N) is 1. The number of hydrogen-bond donors (Lipinski definition) is 1. The van der Waals surface area contributed by atoms with E-state index in [2.05, 4.69) is 10.3 Å². The van der Waals surface area contributed by atoms with Gasteiger partial charge in [0, 0.05) is 18.0 Å². The largest absolute Gasteiger partial charge is 0.462 e. The molecule has 0 saturated carbocycles. The molecular formula is C19H18Cl2N2O4. The summed E-state index contributed by atoms with van der Waals surface area (Å²) in [5.74, 6) is -1.57. The Hall–Kier alpha value is -2.57. The normalized spacial score (nSPS) is 10.1. The zero-order valence-electron chi connectivity index (χ0n) is 14.8. The lowest BCUT2D eigenvalue weighted by atomic mass is 10.1. The molecule has 1 N–H and O–H groups in total. The number of benzene rings is 1. The number of nitrogens with zero attached hydrogens (tertiary/aromatic N) is 1. The molecule has 0 saturated heterocycles. The van der Waals surface area contributed by atoms with Crippen LogP contribution in [0, 0.1) is 0 Å². The minimum atomic E-state index is -0.783. The number of pyridine rings is 1. The van der Waals surface area contributed by atoms with E-state index in [0.29, 0.717) is 27.0 Å². The van der Waals surface area contributed by atoms with Crippen molar-refractivity contribution in [3.05, 3.63) is 58.3 Å². The quantitative estimate of drug-likeness (QED) is 0.315. The van der Waals surface area contributed by atoms with E-state index in [4.69, 9.17) is 32.7 Å². The van der Waals surface area contributed by atoms with E-state index in [1.165, 1.54) is 6.20 Å². The van der Waals surface area contributed by atoms with Gasteiger partial charge in [-0.3, -0.25) is 4.98 Å². The van der Waals surface area contributed by atoms with Gasteiger partial charge < -0.3 is 14.8 Å². The highest BCUT2D eigenvalue weighted by Gasteiger charge is 2.21. The molecule has 8 heteroatoms. The van der Waals surface area contributed by atoms with Crippen LogP contribution in [-0.4, -0.2) is 30.1 Å². The highest BCUT2D eigenvalue weighted by Crippen LogP contribution is 2.35. The van der Waals surface area contributed by atoms with Gasteiger partial charge in [-0.25, -0.2) is 9.59 Å². The highest BCUT2D eigenvalue weighted by molar-refractivity contribution is 6.43. The van der Waals surface area contributed by atoms with Crippen molar-refractivity contribution in [2.24, 2.45) is 0 Å². The lowest BCUT2D eigenvalue weighted by Gasteiger charge is -2.12. The molecule has 1 heterocycles. The summed E-state index contributed by atoms with van der Waals surface area (Å²) < 4.78 is 9.81. The van der Waals surface area contributed by atoms with Crippen molar-refractivity contribution in [1.82, 2.24) is 4.98 Å². The van der Waals surface area contributed by atoms with Gasteiger partial charge in [-0.2, -0.15) is 0 Å². The van der Waals surface area contributed by atoms with Gasteiger partial charge in [-0.15, -0.1) is 0 Å². The molecule has 1 aromatic carbocycles. The summed E-state index contributed by atoms with van der Waals surface area (Å²) in [4.78, 5) is 28.4. The molecule has 27 heavy (non-hydrogen) atoms. The number of halogens is 2. The Kier molecular flexibility index (Phi) is 7.64. The van der Waals surface area contributed by atoms with Crippen molar-refractivity contribution in [2.75, 3.05) is 18.5 Å². The molecule has 0 aliphatic rings. The van der Waals surface area contributed by atoms with Gasteiger partial charge in [-0.05, 0) is 32.0 Å². The van der Waals surface area contributed by atoms with Crippen LogP contribution in [0.2, 0.25) is 10.0 Å². The fourth-order valence-corrected chi connectivity index (χ4v) is 2.58. The maximum Gasteiger partial charge on any atom is 0.347 e. The number of anilines is 1. The molecule has 0 unspecified atom stereocenters. The number of hydrogen-bond acceptors (Lipinski definition) is 6. The zero-order chi connectivity index (χ0) is 19.8. The number of rotatable bonds is 7. The van der Waals surface area contributed by atoms with Crippen molar-refractivity contribution < 1.29 is 19.1 Å². The van der Waals surface area contributed by atoms with E-state index < -0.39 is 11.9 Å². The Bertz CT molecular complexity index is 849. The minimum absolute atomic E-state index is 0.131. The zero-order valence-corrected chi connectivity index (χ0v) is 16.3. The van der Waals surface area contributed by atoms with E-state index in [9.17, 15) is 9.59 Å². The number of carbonyl (C=O) groups is 2. The molecule has 1 aromatic heterocycles. The molecule has 2 aromatic rings. The highest BCUT2D eigenvalue weighted by atomic mass is 35.5. The summed E-state index contributed by atoms with van der Waals surface area (Å²) >= 11 is 12.4. The summed E-state index contributed by atoms with van der Waals surface area (Å²) in [6.45, 7) is 3.56. The average Bonchev–Trinajstić information content (AvgIpc) is 2.65. The van der Waals surface area contributed by atoms with E-state index in [0.717, 1.165) is 0 Å². The second kappa shape index (κ2) is 9.94. The van der Waals surface area contributed by atoms with Crippen LogP contribution in [0.15, 0.2) is 48.3 Å². The smallest absolute Gasteiger partial charge is 0.347 e. The van der Waals surface area contributed by atoms with Crippen LogP contribution >= 0.6 is 23.2 Å². The Morgan fingerprint density at radius 1 is 1.07 bits per heavy atom. The maximum absolute atomic E-state index is 12.0. The average molecular weight is 409 g/mol. The Labute approximate surface area is 167 Å². The molecule has 0 aliphatic heterocycles. The van der Waals surface area contributed by atoms with Gasteiger partial charge in [0.25, 0.3) is 0 Å². The van der Waals surface area contributed by atoms with Crippen LogP contribution in [0.3, 0.4) is 0 Å². The summed E-state index contributed by atoms with van der Waals surface area (Å²) in [5.41, 5.74) is 1.38. The minimum Gasteiger partial charge on any atom is -0.462 e. The molecule has 0 radical (unpaired) electrons. The van der Waals surface area contributed by atoms with Gasteiger partial charge in [-0.1, -0.05) is 35.3 Å². The Morgan fingerprint density at radius 2 is 1.74 bits per heavy atom. The fourth-order valence-electron chi connectivity index (χ4n) is 2.19. The van der Waals surface area contributed by atoms with Crippen molar-refractivity contribution in [1.29, 1.82) is 0 Å². The lowest BCUT2D eigenvalue weighted by molar-refractivity contribution is -0.146. The first-order valence-electron chi connectivity index (χ1n) is 8.19. The summed E-state index contributed by atoms with van der Waals surface area (Å²) in [5, 5.41) is 3.65. The molecule has 2 rings (SSSR count). The van der Waals surface area contributed by atoms with Gasteiger partial charge in [0.2, 0.25) is 0 Å². The third-order valence-corrected chi connectivity index (χ3v) is 4.20. The number of carbonyl (C=O) groups excluding carboxylic acids is 2. The molecule has 0 fully saturated rings. The first-order valence-corrected chi connectivity index (χ1v) is 8.95. The molecular weight excluding hydrogens is 391 g/mol. The maximum atomic E-state index is 12.0. The van der Waals surface area contributed by atoms with Gasteiger partial charge in [0.1, 0.15) is 0 Å². The predicted octanol–water partition coefficient (Wildman–Crippen LogP) is 4.48. The molecule has 0 spiro atoms. The van der Waals surface area contributed by atoms with E-state index in [1.54, 1.807) is 50.4 Å². The SMILES string of the molecule is CCOC(=O)C(=CNc1cccnc1-c1cccc(Cl)c1Cl)C(=O)OCC. The van der Waals surface area contributed by atoms with Gasteiger partial charge >= 0.3 is 11.9 Å². The van der Waals surface area contributed by atoms with Crippen molar-refractivity contribution in [3.63, 3.8) is 0 Å². The summed E-state index contributed by atoms with van der Waals surface area (Å²) in [6, 6.07) is 8.61. The van der Waals surface area contributed by atoms with Crippen LogP contribution in [0.4, 0.5) is 5.69 Å². The third kappa shape index (κ3) is 5.21.